The zero-order chi connectivity index (χ0) is 24.1. The van der Waals surface area contributed by atoms with Crippen molar-refractivity contribution >= 4 is 10.0 Å². The fourth-order valence-electron chi connectivity index (χ4n) is 4.78. The van der Waals surface area contributed by atoms with E-state index < -0.39 is 39.4 Å². The van der Waals surface area contributed by atoms with Crippen molar-refractivity contribution in [2.24, 2.45) is 5.41 Å². The van der Waals surface area contributed by atoms with Gasteiger partial charge in [0.2, 0.25) is 10.0 Å². The van der Waals surface area contributed by atoms with Crippen molar-refractivity contribution in [2.45, 2.75) is 49.7 Å². The minimum Gasteiger partial charge on any atom is -0.357 e. The summed E-state index contributed by atoms with van der Waals surface area (Å²) in [5.74, 6) is 0. The lowest BCUT2D eigenvalue weighted by molar-refractivity contribution is -0.184. The number of hydrogen-bond donors (Lipinski definition) is 0. The van der Waals surface area contributed by atoms with Gasteiger partial charge in [-0.2, -0.15) is 17.5 Å². The van der Waals surface area contributed by atoms with Crippen LogP contribution < -0.4 is 0 Å². The molecule has 1 spiro atoms. The van der Waals surface area contributed by atoms with Crippen molar-refractivity contribution in [2.75, 3.05) is 0 Å². The molecule has 8 heteroatoms. The molecule has 2 aliphatic rings. The minimum absolute atomic E-state index is 0.138. The normalized spacial score (nSPS) is 21.9. The van der Waals surface area contributed by atoms with E-state index in [0.717, 1.165) is 36.1 Å². The Morgan fingerprint density at radius 3 is 2.12 bits per heavy atom. The number of rotatable bonds is 6. The molecule has 1 saturated carbocycles. The number of ether oxygens (including phenoxy) is 1. The van der Waals surface area contributed by atoms with Crippen LogP contribution in [0.1, 0.15) is 41.1 Å². The average molecular weight is 488 g/mol. The van der Waals surface area contributed by atoms with Gasteiger partial charge >= 0.3 is 6.18 Å². The molecule has 3 aromatic carbocycles. The predicted molar refractivity (Wildman–Crippen MR) is 121 cm³/mol. The van der Waals surface area contributed by atoms with Crippen LogP contribution in [0.3, 0.4) is 0 Å². The van der Waals surface area contributed by atoms with E-state index in [1.165, 1.54) is 16.4 Å². The molecule has 2 fully saturated rings. The second-order valence-corrected chi connectivity index (χ2v) is 10.9. The van der Waals surface area contributed by atoms with Gasteiger partial charge in [0, 0.05) is 5.41 Å². The van der Waals surface area contributed by atoms with Crippen LogP contribution >= 0.6 is 0 Å². The van der Waals surface area contributed by atoms with E-state index in [0.29, 0.717) is 5.56 Å². The van der Waals surface area contributed by atoms with Gasteiger partial charge in [-0.15, -0.1) is 0 Å². The van der Waals surface area contributed by atoms with E-state index in [9.17, 15) is 21.6 Å². The molecule has 1 aliphatic heterocycles. The topological polar surface area (TPSA) is 46.6 Å². The molecule has 0 N–H and O–H groups in total. The molecule has 2 atom stereocenters. The molecule has 0 aromatic heterocycles. The number of sulfonamides is 1. The van der Waals surface area contributed by atoms with Gasteiger partial charge in [0.1, 0.15) is 6.23 Å². The van der Waals surface area contributed by atoms with Gasteiger partial charge in [-0.3, -0.25) is 0 Å². The second kappa shape index (κ2) is 8.22. The molecule has 3 aromatic rings. The van der Waals surface area contributed by atoms with Crippen LogP contribution in [0.15, 0.2) is 83.8 Å². The molecule has 4 nitrogen and oxygen atoms in total. The van der Waals surface area contributed by atoms with Crippen LogP contribution in [0.4, 0.5) is 13.2 Å². The number of alkyl halides is 3. The molecule has 0 bridgehead atoms. The third-order valence-electron chi connectivity index (χ3n) is 6.75. The molecule has 1 heterocycles. The number of nitrogens with zero attached hydrogens (tertiary/aromatic N) is 1. The van der Waals surface area contributed by atoms with Gasteiger partial charge in [0.15, 0.2) is 0 Å². The Balaban J connectivity index is 1.51. The summed E-state index contributed by atoms with van der Waals surface area (Å²) in [7, 11) is -3.95. The summed E-state index contributed by atoms with van der Waals surface area (Å²) in [6, 6.07) is 20.3. The van der Waals surface area contributed by atoms with Crippen molar-refractivity contribution in [3.05, 3.63) is 101 Å². The highest BCUT2D eigenvalue weighted by atomic mass is 32.2. The summed E-state index contributed by atoms with van der Waals surface area (Å²) in [6.07, 6.45) is -3.65. The number of hydrogen-bond acceptors (Lipinski definition) is 3. The number of benzene rings is 3. The van der Waals surface area contributed by atoms with Gasteiger partial charge in [-0.25, -0.2) is 8.42 Å². The molecule has 178 valence electrons. The summed E-state index contributed by atoms with van der Waals surface area (Å²) in [5, 5.41) is 0. The first kappa shape index (κ1) is 23.1. The SMILES string of the molecule is Cc1ccc(S(=O)(=O)N2[C@@H](OCc3ccccc3)C3(CC3)[C@H]2c2ccc(C(F)(F)F)cc2)cc1. The zero-order valence-corrected chi connectivity index (χ0v) is 19.3. The van der Waals surface area contributed by atoms with Crippen LogP contribution in [0.25, 0.3) is 0 Å². The number of aryl methyl sites for hydroxylation is 1. The Labute approximate surface area is 197 Å². The van der Waals surface area contributed by atoms with Crippen LogP contribution in [0.5, 0.6) is 0 Å². The summed E-state index contributed by atoms with van der Waals surface area (Å²) in [6.45, 7) is 2.11. The van der Waals surface area contributed by atoms with Crippen molar-refractivity contribution < 1.29 is 26.3 Å². The third kappa shape index (κ3) is 3.93. The molecule has 34 heavy (non-hydrogen) atoms. The third-order valence-corrected chi connectivity index (χ3v) is 8.58. The van der Waals surface area contributed by atoms with Gasteiger partial charge in [0.05, 0.1) is 23.1 Å². The fraction of sp³-hybridized carbons (Fsp3) is 0.308. The van der Waals surface area contributed by atoms with Crippen LogP contribution in [-0.4, -0.2) is 19.0 Å². The van der Waals surface area contributed by atoms with Crippen molar-refractivity contribution in [1.82, 2.24) is 4.31 Å². The molecule has 0 unspecified atom stereocenters. The standard InChI is InChI=1S/C26H24F3NO3S/c1-18-7-13-22(14-8-18)34(31,32)30-23(20-9-11-21(12-10-20)26(27,28)29)25(15-16-25)24(30)33-17-19-5-3-2-4-6-19/h2-14,23-24H,15-17H2,1H3/t23-,24+/m1/s1. The van der Waals surface area contributed by atoms with E-state index in [2.05, 4.69) is 0 Å². The van der Waals surface area contributed by atoms with Gasteiger partial charge in [0.25, 0.3) is 0 Å². The van der Waals surface area contributed by atoms with Crippen LogP contribution in [0.2, 0.25) is 0 Å². The molecule has 1 aliphatic carbocycles. The lowest BCUT2D eigenvalue weighted by Gasteiger charge is -2.54. The maximum Gasteiger partial charge on any atom is 0.416 e. The Morgan fingerprint density at radius 2 is 1.56 bits per heavy atom. The monoisotopic (exact) mass is 487 g/mol. The maximum atomic E-state index is 13.7. The van der Waals surface area contributed by atoms with Gasteiger partial charge in [-0.1, -0.05) is 60.2 Å². The highest BCUT2D eigenvalue weighted by Crippen LogP contribution is 2.70. The first-order chi connectivity index (χ1) is 16.1. The predicted octanol–water partition coefficient (Wildman–Crippen LogP) is 6.08. The highest BCUT2D eigenvalue weighted by molar-refractivity contribution is 7.89. The Hall–Kier alpha value is -2.68. The van der Waals surface area contributed by atoms with E-state index in [1.54, 1.807) is 24.3 Å². The fourth-order valence-corrected chi connectivity index (χ4v) is 6.63. The first-order valence-electron chi connectivity index (χ1n) is 11.1. The lowest BCUT2D eigenvalue weighted by Crippen LogP contribution is -2.63. The van der Waals surface area contributed by atoms with E-state index >= 15 is 0 Å². The van der Waals surface area contributed by atoms with E-state index in [-0.39, 0.29) is 11.5 Å². The molecular formula is C26H24F3NO3S. The largest absolute Gasteiger partial charge is 0.416 e. The minimum atomic E-state index is -4.45. The smallest absolute Gasteiger partial charge is 0.357 e. The Morgan fingerprint density at radius 1 is 0.941 bits per heavy atom. The maximum absolute atomic E-state index is 13.7. The van der Waals surface area contributed by atoms with Crippen LogP contribution in [0, 0.1) is 12.3 Å². The Kier molecular flexibility index (Phi) is 5.58. The van der Waals surface area contributed by atoms with E-state index in [4.69, 9.17) is 4.74 Å². The lowest BCUT2D eigenvalue weighted by atomic mass is 9.80. The highest BCUT2D eigenvalue weighted by Gasteiger charge is 2.72. The van der Waals surface area contributed by atoms with Crippen molar-refractivity contribution in [3.8, 4) is 0 Å². The van der Waals surface area contributed by atoms with Gasteiger partial charge in [-0.05, 0) is 55.2 Å². The number of halogens is 3. The summed E-state index contributed by atoms with van der Waals surface area (Å²) in [4.78, 5) is 0.138. The quantitative estimate of drug-likeness (QED) is 0.423. The summed E-state index contributed by atoms with van der Waals surface area (Å²) >= 11 is 0. The van der Waals surface area contributed by atoms with Crippen molar-refractivity contribution in [1.29, 1.82) is 0 Å². The molecule has 0 amide bonds. The second-order valence-electron chi connectivity index (χ2n) is 9.05. The molecule has 0 radical (unpaired) electrons. The molecule has 1 saturated heterocycles. The zero-order valence-electron chi connectivity index (χ0n) is 18.5. The summed E-state index contributed by atoms with van der Waals surface area (Å²) < 4.78 is 74.3. The van der Waals surface area contributed by atoms with Gasteiger partial charge < -0.3 is 4.74 Å². The summed E-state index contributed by atoms with van der Waals surface area (Å²) in [5.41, 5.74) is 1.19. The molecular weight excluding hydrogens is 463 g/mol. The first-order valence-corrected chi connectivity index (χ1v) is 12.5. The molecule has 5 rings (SSSR count). The van der Waals surface area contributed by atoms with E-state index in [1.807, 2.05) is 37.3 Å². The Bertz CT molecular complexity index is 1270. The van der Waals surface area contributed by atoms with Crippen LogP contribution in [-0.2, 0) is 27.5 Å². The van der Waals surface area contributed by atoms with Crippen molar-refractivity contribution in [3.63, 3.8) is 0 Å². The average Bonchev–Trinajstić information content (AvgIpc) is 3.62.